The minimum absolute atomic E-state index is 0.162. The standard InChI is InChI=1S/C15H13F2N3OS2/c1-9-7-20-11(8-22-15(20)18-9)6-13(21)19-10-2-4-12(5-3-10)23-14(16)17/h2-5,7-8,14H,6H2,1H3,(H,19,21). The first kappa shape index (κ1) is 15.9. The number of nitrogens with one attached hydrogen (secondary N) is 1. The van der Waals surface area contributed by atoms with Crippen LogP contribution in [-0.2, 0) is 11.2 Å². The first-order chi connectivity index (χ1) is 11.0. The van der Waals surface area contributed by atoms with E-state index in [1.165, 1.54) is 11.3 Å². The van der Waals surface area contributed by atoms with E-state index in [4.69, 9.17) is 0 Å². The molecular formula is C15H13F2N3OS2. The van der Waals surface area contributed by atoms with Crippen LogP contribution in [0.25, 0.3) is 4.96 Å². The fraction of sp³-hybridized carbons (Fsp3) is 0.200. The number of benzene rings is 1. The number of alkyl halides is 2. The molecular weight excluding hydrogens is 340 g/mol. The van der Waals surface area contributed by atoms with E-state index < -0.39 is 5.76 Å². The summed E-state index contributed by atoms with van der Waals surface area (Å²) < 4.78 is 26.4. The number of carbonyl (C=O) groups is 1. The molecule has 0 unspecified atom stereocenters. The van der Waals surface area contributed by atoms with Crippen molar-refractivity contribution < 1.29 is 13.6 Å². The van der Waals surface area contributed by atoms with Crippen LogP contribution in [0.3, 0.4) is 0 Å². The Morgan fingerprint density at radius 1 is 1.39 bits per heavy atom. The highest BCUT2D eigenvalue weighted by Crippen LogP contribution is 2.26. The summed E-state index contributed by atoms with van der Waals surface area (Å²) in [6, 6.07) is 6.36. The normalized spacial score (nSPS) is 11.3. The molecule has 0 fully saturated rings. The van der Waals surface area contributed by atoms with Crippen molar-refractivity contribution in [1.29, 1.82) is 0 Å². The van der Waals surface area contributed by atoms with Gasteiger partial charge in [0.25, 0.3) is 5.76 Å². The molecule has 3 rings (SSSR count). The molecule has 1 N–H and O–H groups in total. The number of anilines is 1. The summed E-state index contributed by atoms with van der Waals surface area (Å²) >= 11 is 1.97. The van der Waals surface area contributed by atoms with Gasteiger partial charge in [0.1, 0.15) is 0 Å². The lowest BCUT2D eigenvalue weighted by Crippen LogP contribution is -2.15. The van der Waals surface area contributed by atoms with Gasteiger partial charge in [-0.25, -0.2) is 4.98 Å². The predicted molar refractivity (Wildman–Crippen MR) is 88.4 cm³/mol. The van der Waals surface area contributed by atoms with Crippen molar-refractivity contribution in [2.75, 3.05) is 5.32 Å². The lowest BCUT2D eigenvalue weighted by Gasteiger charge is -2.06. The summed E-state index contributed by atoms with van der Waals surface area (Å²) in [7, 11) is 0. The maximum absolute atomic E-state index is 12.3. The first-order valence-electron chi connectivity index (χ1n) is 6.78. The maximum Gasteiger partial charge on any atom is 0.288 e. The molecule has 0 atom stereocenters. The Kier molecular flexibility index (Phi) is 4.63. The van der Waals surface area contributed by atoms with Gasteiger partial charge in [0.2, 0.25) is 5.91 Å². The van der Waals surface area contributed by atoms with Gasteiger partial charge < -0.3 is 5.32 Å². The number of hydrogen-bond acceptors (Lipinski definition) is 4. The van der Waals surface area contributed by atoms with Gasteiger partial charge in [-0.05, 0) is 31.2 Å². The third-order valence-corrected chi connectivity index (χ3v) is 4.72. The fourth-order valence-corrected chi connectivity index (χ4v) is 3.58. The van der Waals surface area contributed by atoms with Gasteiger partial charge in [0.05, 0.1) is 12.1 Å². The number of fused-ring (bicyclic) bond motifs is 1. The quantitative estimate of drug-likeness (QED) is 0.699. The number of halogens is 2. The topological polar surface area (TPSA) is 46.4 Å². The van der Waals surface area contributed by atoms with Crippen LogP contribution in [0.1, 0.15) is 11.4 Å². The van der Waals surface area contributed by atoms with Crippen LogP contribution >= 0.6 is 23.1 Å². The van der Waals surface area contributed by atoms with E-state index in [0.29, 0.717) is 22.3 Å². The molecule has 1 amide bonds. The summed E-state index contributed by atoms with van der Waals surface area (Å²) in [5, 5.41) is 4.67. The molecule has 0 radical (unpaired) electrons. The van der Waals surface area contributed by atoms with Crippen LogP contribution in [0.5, 0.6) is 0 Å². The van der Waals surface area contributed by atoms with Crippen molar-refractivity contribution in [2.45, 2.75) is 24.0 Å². The van der Waals surface area contributed by atoms with Gasteiger partial charge in [0.15, 0.2) is 4.96 Å². The highest BCUT2D eigenvalue weighted by atomic mass is 32.2. The first-order valence-corrected chi connectivity index (χ1v) is 8.54. The smallest absolute Gasteiger partial charge is 0.288 e. The molecule has 0 aliphatic heterocycles. The Labute approximate surface area is 139 Å². The lowest BCUT2D eigenvalue weighted by molar-refractivity contribution is -0.115. The van der Waals surface area contributed by atoms with Crippen molar-refractivity contribution in [3.8, 4) is 0 Å². The van der Waals surface area contributed by atoms with Crippen LogP contribution in [0, 0.1) is 6.92 Å². The number of carbonyl (C=O) groups excluding carboxylic acids is 1. The second kappa shape index (κ2) is 6.67. The van der Waals surface area contributed by atoms with Gasteiger partial charge >= 0.3 is 0 Å². The van der Waals surface area contributed by atoms with Crippen LogP contribution < -0.4 is 5.32 Å². The zero-order chi connectivity index (χ0) is 16.4. The van der Waals surface area contributed by atoms with Crippen molar-refractivity contribution in [2.24, 2.45) is 0 Å². The molecule has 4 nitrogen and oxygen atoms in total. The van der Waals surface area contributed by atoms with E-state index in [-0.39, 0.29) is 12.3 Å². The van der Waals surface area contributed by atoms with Crippen LogP contribution in [0.15, 0.2) is 40.7 Å². The average molecular weight is 353 g/mol. The molecule has 2 aromatic heterocycles. The fourth-order valence-electron chi connectivity index (χ4n) is 2.16. The minimum atomic E-state index is -2.45. The van der Waals surface area contributed by atoms with E-state index in [1.54, 1.807) is 24.3 Å². The molecule has 1 aromatic carbocycles. The molecule has 0 aliphatic carbocycles. The van der Waals surface area contributed by atoms with E-state index in [2.05, 4.69) is 10.3 Å². The molecule has 0 bridgehead atoms. The summed E-state index contributed by atoms with van der Waals surface area (Å²) in [5.74, 6) is -2.61. The molecule has 23 heavy (non-hydrogen) atoms. The molecule has 0 spiro atoms. The van der Waals surface area contributed by atoms with Gasteiger partial charge in [0, 0.05) is 27.9 Å². The van der Waals surface area contributed by atoms with Gasteiger partial charge in [-0.3, -0.25) is 9.20 Å². The molecule has 2 heterocycles. The third kappa shape index (κ3) is 3.89. The second-order valence-corrected chi connectivity index (χ2v) is 6.79. The monoisotopic (exact) mass is 353 g/mol. The predicted octanol–water partition coefficient (Wildman–Crippen LogP) is 4.20. The lowest BCUT2D eigenvalue weighted by atomic mass is 10.3. The summed E-state index contributed by atoms with van der Waals surface area (Å²) in [5.41, 5.74) is 2.36. The van der Waals surface area contributed by atoms with Gasteiger partial charge in [-0.2, -0.15) is 8.78 Å². The highest BCUT2D eigenvalue weighted by Gasteiger charge is 2.11. The van der Waals surface area contributed by atoms with Crippen LogP contribution in [0.4, 0.5) is 14.5 Å². The minimum Gasteiger partial charge on any atom is -0.326 e. The number of aromatic nitrogens is 2. The van der Waals surface area contributed by atoms with Crippen molar-refractivity contribution in [1.82, 2.24) is 9.38 Å². The van der Waals surface area contributed by atoms with E-state index in [9.17, 15) is 13.6 Å². The molecule has 120 valence electrons. The molecule has 3 aromatic rings. The summed E-state index contributed by atoms with van der Waals surface area (Å²) in [6.07, 6.45) is 2.12. The molecule has 0 aliphatic rings. The SMILES string of the molecule is Cc1cn2c(CC(=O)Nc3ccc(SC(F)F)cc3)csc2n1. The number of amides is 1. The van der Waals surface area contributed by atoms with Crippen LogP contribution in [-0.4, -0.2) is 21.0 Å². The average Bonchev–Trinajstić information content (AvgIpc) is 3.01. The Morgan fingerprint density at radius 3 is 2.83 bits per heavy atom. The van der Waals surface area contributed by atoms with E-state index in [0.717, 1.165) is 16.3 Å². The highest BCUT2D eigenvalue weighted by molar-refractivity contribution is 7.99. The Morgan fingerprint density at radius 2 is 2.13 bits per heavy atom. The summed E-state index contributed by atoms with van der Waals surface area (Å²) in [6.45, 7) is 1.91. The zero-order valence-electron chi connectivity index (χ0n) is 12.1. The van der Waals surface area contributed by atoms with Crippen molar-refractivity contribution in [3.63, 3.8) is 0 Å². The molecule has 0 saturated heterocycles. The Bertz CT molecular complexity index is 827. The van der Waals surface area contributed by atoms with Gasteiger partial charge in [-0.15, -0.1) is 11.3 Å². The van der Waals surface area contributed by atoms with Crippen molar-refractivity contribution >= 4 is 39.7 Å². The van der Waals surface area contributed by atoms with Gasteiger partial charge in [-0.1, -0.05) is 11.8 Å². The van der Waals surface area contributed by atoms with Crippen molar-refractivity contribution in [3.05, 3.63) is 47.2 Å². The third-order valence-electron chi connectivity index (χ3n) is 3.11. The number of nitrogens with zero attached hydrogens (tertiary/aromatic N) is 2. The summed E-state index contributed by atoms with van der Waals surface area (Å²) in [4.78, 5) is 17.8. The maximum atomic E-state index is 12.3. The van der Waals surface area contributed by atoms with E-state index >= 15 is 0 Å². The number of thioether (sulfide) groups is 1. The number of hydrogen-bond donors (Lipinski definition) is 1. The molecule has 8 heteroatoms. The zero-order valence-corrected chi connectivity index (χ0v) is 13.8. The van der Waals surface area contributed by atoms with E-state index in [1.807, 2.05) is 22.9 Å². The molecule has 0 saturated carbocycles. The van der Waals surface area contributed by atoms with Crippen LogP contribution in [0.2, 0.25) is 0 Å². The second-order valence-electron chi connectivity index (χ2n) is 4.89. The number of imidazole rings is 1. The number of thiazole rings is 1. The Balaban J connectivity index is 1.65. The number of aryl methyl sites for hydroxylation is 1. The Hall–Kier alpha value is -1.93. The largest absolute Gasteiger partial charge is 0.326 e. The number of rotatable bonds is 5.